The molecule has 170 valence electrons. The predicted molar refractivity (Wildman–Crippen MR) is 140 cm³/mol. The van der Waals surface area contributed by atoms with E-state index < -0.39 is 11.5 Å². The summed E-state index contributed by atoms with van der Waals surface area (Å²) < 4.78 is 0. The Labute approximate surface area is 205 Å². The van der Waals surface area contributed by atoms with Gasteiger partial charge in [0.2, 0.25) is 5.88 Å². The van der Waals surface area contributed by atoms with Gasteiger partial charge in [0.05, 0.1) is 0 Å². The van der Waals surface area contributed by atoms with E-state index in [2.05, 4.69) is 23.7 Å². The third-order valence-corrected chi connectivity index (χ3v) is 6.47. The monoisotopic (exact) mass is 455 g/mol. The van der Waals surface area contributed by atoms with Gasteiger partial charge in [0.25, 0.3) is 0 Å². The summed E-state index contributed by atoms with van der Waals surface area (Å²) in [6, 6.07) is 37.5. The SMILES string of the molecule is C=CCC(O)(c1c#ccc2ccccc12)C(c1ccccc1)c1cc(-c2ccccc2)cnc1O. The number of aromatic nitrogens is 1. The van der Waals surface area contributed by atoms with Crippen molar-refractivity contribution in [1.82, 2.24) is 4.98 Å². The molecule has 5 rings (SSSR count). The highest BCUT2D eigenvalue weighted by Gasteiger charge is 2.42. The van der Waals surface area contributed by atoms with E-state index in [1.165, 1.54) is 0 Å². The number of hydrogen-bond acceptors (Lipinski definition) is 3. The molecule has 2 atom stereocenters. The molecule has 2 unspecified atom stereocenters. The second-order valence-corrected chi connectivity index (χ2v) is 8.64. The molecular weight excluding hydrogens is 430 g/mol. The quantitative estimate of drug-likeness (QED) is 0.265. The fourth-order valence-electron chi connectivity index (χ4n) is 4.86. The molecule has 0 saturated carbocycles. The van der Waals surface area contributed by atoms with E-state index in [0.717, 1.165) is 27.5 Å². The van der Waals surface area contributed by atoms with Gasteiger partial charge in [-0.25, -0.2) is 4.98 Å². The highest BCUT2D eigenvalue weighted by Crippen LogP contribution is 2.48. The lowest BCUT2D eigenvalue weighted by atomic mass is 9.71. The van der Waals surface area contributed by atoms with Crippen LogP contribution in [0.15, 0.2) is 116 Å². The third kappa shape index (κ3) is 4.17. The van der Waals surface area contributed by atoms with Gasteiger partial charge in [0.1, 0.15) is 5.60 Å². The van der Waals surface area contributed by atoms with Gasteiger partial charge in [-0.3, -0.25) is 0 Å². The second-order valence-electron chi connectivity index (χ2n) is 8.64. The number of pyridine rings is 1. The molecule has 2 N–H and O–H groups in total. The summed E-state index contributed by atoms with van der Waals surface area (Å²) in [5.74, 6) is -0.765. The van der Waals surface area contributed by atoms with Crippen molar-refractivity contribution in [3.05, 3.63) is 145 Å². The lowest BCUT2D eigenvalue weighted by Gasteiger charge is -2.37. The molecule has 0 aliphatic heterocycles. The summed E-state index contributed by atoms with van der Waals surface area (Å²) in [7, 11) is 0. The Morgan fingerprint density at radius 3 is 2.34 bits per heavy atom. The Morgan fingerprint density at radius 2 is 1.60 bits per heavy atom. The molecule has 0 aliphatic rings. The van der Waals surface area contributed by atoms with Crippen LogP contribution in [-0.4, -0.2) is 15.2 Å². The van der Waals surface area contributed by atoms with Crippen molar-refractivity contribution in [2.45, 2.75) is 17.9 Å². The minimum atomic E-state index is -1.48. The Kier molecular flexibility index (Phi) is 6.06. The molecule has 1 aromatic heterocycles. The van der Waals surface area contributed by atoms with Crippen molar-refractivity contribution < 1.29 is 10.2 Å². The summed E-state index contributed by atoms with van der Waals surface area (Å²) in [5.41, 5.74) is 2.34. The summed E-state index contributed by atoms with van der Waals surface area (Å²) in [6.45, 7) is 3.95. The normalized spacial score (nSPS) is 13.5. The van der Waals surface area contributed by atoms with Crippen LogP contribution in [0.4, 0.5) is 0 Å². The van der Waals surface area contributed by atoms with Crippen molar-refractivity contribution in [1.29, 1.82) is 0 Å². The Balaban J connectivity index is 1.80. The van der Waals surface area contributed by atoms with Crippen molar-refractivity contribution >= 4 is 10.8 Å². The molecule has 3 heteroatoms. The van der Waals surface area contributed by atoms with Gasteiger partial charge in [0, 0.05) is 28.8 Å². The van der Waals surface area contributed by atoms with Crippen LogP contribution in [0.2, 0.25) is 0 Å². The lowest BCUT2D eigenvalue weighted by Crippen LogP contribution is -2.34. The largest absolute Gasteiger partial charge is 0.493 e. The van der Waals surface area contributed by atoms with Gasteiger partial charge >= 0.3 is 0 Å². The predicted octanol–water partition coefficient (Wildman–Crippen LogP) is 6.80. The van der Waals surface area contributed by atoms with E-state index in [9.17, 15) is 10.2 Å². The topological polar surface area (TPSA) is 53.4 Å². The zero-order valence-corrected chi connectivity index (χ0v) is 19.2. The first-order chi connectivity index (χ1) is 17.1. The molecule has 0 bridgehead atoms. The van der Waals surface area contributed by atoms with Crippen LogP contribution >= 0.6 is 0 Å². The lowest BCUT2D eigenvalue weighted by molar-refractivity contribution is 0.0228. The van der Waals surface area contributed by atoms with Crippen molar-refractivity contribution in [3.8, 4) is 17.0 Å². The minimum Gasteiger partial charge on any atom is -0.493 e. The highest BCUT2D eigenvalue weighted by atomic mass is 16.3. The summed E-state index contributed by atoms with van der Waals surface area (Å²) >= 11 is 0. The molecule has 5 aromatic rings. The minimum absolute atomic E-state index is 0.120. The number of rotatable bonds is 7. The van der Waals surface area contributed by atoms with E-state index in [0.29, 0.717) is 11.1 Å². The zero-order chi connectivity index (χ0) is 24.3. The number of aromatic hydroxyl groups is 1. The van der Waals surface area contributed by atoms with Crippen LogP contribution in [0.3, 0.4) is 0 Å². The maximum absolute atomic E-state index is 12.6. The molecule has 35 heavy (non-hydrogen) atoms. The van der Waals surface area contributed by atoms with Crippen molar-refractivity contribution in [2.75, 3.05) is 0 Å². The zero-order valence-electron chi connectivity index (χ0n) is 19.2. The smallest absolute Gasteiger partial charge is 0.214 e. The van der Waals surface area contributed by atoms with Gasteiger partial charge < -0.3 is 10.2 Å². The summed E-state index contributed by atoms with van der Waals surface area (Å²) in [5, 5.41) is 25.4. The van der Waals surface area contributed by atoms with E-state index in [4.69, 9.17) is 0 Å². The molecule has 4 aromatic carbocycles. The Hall–Kier alpha value is -4.39. The van der Waals surface area contributed by atoms with Crippen LogP contribution in [0.25, 0.3) is 21.9 Å². The molecule has 0 radical (unpaired) electrons. The van der Waals surface area contributed by atoms with Crippen LogP contribution in [-0.2, 0) is 5.60 Å². The first-order valence-electron chi connectivity index (χ1n) is 11.6. The van der Waals surface area contributed by atoms with Gasteiger partial charge in [-0.2, -0.15) is 0 Å². The first kappa shape index (κ1) is 22.4. The van der Waals surface area contributed by atoms with E-state index in [-0.39, 0.29) is 12.3 Å². The molecule has 3 nitrogen and oxygen atoms in total. The molecule has 0 spiro atoms. The number of benzene rings is 3. The van der Waals surface area contributed by atoms with Gasteiger partial charge in [-0.15, -0.1) is 6.58 Å². The fourth-order valence-corrected chi connectivity index (χ4v) is 4.86. The number of aliphatic hydroxyl groups is 1. The molecular formula is C32H25NO2. The summed E-state index contributed by atoms with van der Waals surface area (Å²) in [6.07, 6.45) is 3.59. The van der Waals surface area contributed by atoms with Crippen LogP contribution < -0.4 is 0 Å². The van der Waals surface area contributed by atoms with Gasteiger partial charge in [0.15, 0.2) is 0 Å². The van der Waals surface area contributed by atoms with E-state index in [1.807, 2.05) is 97.1 Å². The number of fused-ring (bicyclic) bond motifs is 1. The van der Waals surface area contributed by atoms with Crippen LogP contribution in [0.1, 0.15) is 29.0 Å². The van der Waals surface area contributed by atoms with Gasteiger partial charge in [-0.1, -0.05) is 103 Å². The number of hydrogen-bond donors (Lipinski definition) is 2. The molecule has 0 saturated heterocycles. The standard InChI is InChI=1S/C32H25NO2/c1-2-20-32(35,29-19-11-17-24-14-9-10-18-27(24)29)30(25-15-7-4-8-16-25)28-21-26(22-33-31(28)34)23-12-5-3-6-13-23/h2-10,12-18,21-22,30,35H,1,20H2,(H,33,34). The average Bonchev–Trinajstić information content (AvgIpc) is 2.91. The molecule has 0 fully saturated rings. The van der Waals surface area contributed by atoms with Crippen molar-refractivity contribution in [3.63, 3.8) is 0 Å². The molecule has 0 aliphatic carbocycles. The van der Waals surface area contributed by atoms with Gasteiger partial charge in [-0.05, 0) is 40.5 Å². The maximum Gasteiger partial charge on any atom is 0.214 e. The Bertz CT molecular complexity index is 1460. The van der Waals surface area contributed by atoms with Crippen LogP contribution in [0.5, 0.6) is 5.88 Å². The van der Waals surface area contributed by atoms with E-state index >= 15 is 0 Å². The van der Waals surface area contributed by atoms with Crippen molar-refractivity contribution in [2.24, 2.45) is 0 Å². The third-order valence-electron chi connectivity index (χ3n) is 6.47. The van der Waals surface area contributed by atoms with E-state index in [1.54, 1.807) is 12.3 Å². The Morgan fingerprint density at radius 1 is 0.914 bits per heavy atom. The maximum atomic E-state index is 12.6. The highest BCUT2D eigenvalue weighted by molar-refractivity contribution is 5.86. The average molecular weight is 456 g/mol. The molecule has 1 heterocycles. The number of nitrogens with zero attached hydrogens (tertiary/aromatic N) is 1. The van der Waals surface area contributed by atoms with Crippen LogP contribution in [0, 0.1) is 12.1 Å². The first-order valence-corrected chi connectivity index (χ1v) is 11.6. The summed E-state index contributed by atoms with van der Waals surface area (Å²) in [4.78, 5) is 4.33. The molecule has 0 amide bonds. The fraction of sp³-hybridized carbons (Fsp3) is 0.0938. The second kappa shape index (κ2) is 9.46.